The van der Waals surface area contributed by atoms with Gasteiger partial charge in [0.05, 0.1) is 25.2 Å². The highest BCUT2D eigenvalue weighted by Gasteiger charge is 2.24. The van der Waals surface area contributed by atoms with Gasteiger partial charge >= 0.3 is 5.97 Å². The second-order valence-electron chi connectivity index (χ2n) is 17.9. The van der Waals surface area contributed by atoms with Crippen molar-refractivity contribution in [1.82, 2.24) is 5.32 Å². The van der Waals surface area contributed by atoms with E-state index in [0.29, 0.717) is 19.3 Å². The summed E-state index contributed by atoms with van der Waals surface area (Å²) in [5.41, 5.74) is 0. The Balaban J connectivity index is 4.63. The molecule has 3 atom stereocenters. The Bertz CT molecular complexity index is 1110. The number of amides is 1. The molecule has 0 bridgehead atoms. The molecule has 0 aromatic heterocycles. The number of nitrogens with one attached hydrogen (secondary N) is 1. The Kier molecular flexibility index (Phi) is 47.6. The van der Waals surface area contributed by atoms with Crippen molar-refractivity contribution in [3.05, 3.63) is 60.8 Å². The van der Waals surface area contributed by atoms with Gasteiger partial charge in [-0.2, -0.15) is 0 Å². The number of ether oxygens (including phenoxy) is 1. The highest BCUT2D eigenvalue weighted by molar-refractivity contribution is 5.77. The molecule has 0 spiro atoms. The minimum atomic E-state index is -0.795. The van der Waals surface area contributed by atoms with Gasteiger partial charge in [-0.05, 0) is 96.3 Å². The van der Waals surface area contributed by atoms with E-state index < -0.39 is 18.2 Å². The van der Waals surface area contributed by atoms with E-state index in [9.17, 15) is 19.8 Å². The summed E-state index contributed by atoms with van der Waals surface area (Å²) in [7, 11) is 0. The van der Waals surface area contributed by atoms with Gasteiger partial charge in [-0.15, -0.1) is 0 Å². The molecule has 0 aliphatic heterocycles. The summed E-state index contributed by atoms with van der Waals surface area (Å²) in [6, 6.07) is -0.711. The van der Waals surface area contributed by atoms with E-state index in [1.54, 1.807) is 0 Å². The van der Waals surface area contributed by atoms with Crippen LogP contribution in [0.5, 0.6) is 0 Å². The monoisotopic (exact) mass is 868 g/mol. The molecule has 0 aromatic carbocycles. The van der Waals surface area contributed by atoms with Crippen molar-refractivity contribution in [1.29, 1.82) is 0 Å². The Morgan fingerprint density at radius 3 is 1.29 bits per heavy atom. The molecule has 0 fully saturated rings. The molecule has 0 aromatic rings. The number of unbranched alkanes of at least 4 members (excludes halogenated alkanes) is 25. The van der Waals surface area contributed by atoms with Crippen LogP contribution < -0.4 is 5.32 Å². The Labute approximate surface area is 384 Å². The first-order valence-corrected chi connectivity index (χ1v) is 26.5. The minimum absolute atomic E-state index is 0.0580. The zero-order chi connectivity index (χ0) is 45.2. The minimum Gasteiger partial charge on any atom is -0.462 e. The van der Waals surface area contributed by atoms with Crippen LogP contribution in [-0.4, -0.2) is 46.9 Å². The Morgan fingerprint density at radius 1 is 0.468 bits per heavy atom. The Morgan fingerprint density at radius 2 is 0.823 bits per heavy atom. The van der Waals surface area contributed by atoms with Gasteiger partial charge in [0.2, 0.25) is 5.91 Å². The average Bonchev–Trinajstić information content (AvgIpc) is 3.26. The second kappa shape index (κ2) is 49.6. The first-order chi connectivity index (χ1) is 30.5. The number of esters is 1. The maximum absolute atomic E-state index is 13.2. The largest absolute Gasteiger partial charge is 0.462 e. The number of carbonyl (C=O) groups excluding carboxylic acids is 2. The van der Waals surface area contributed by atoms with E-state index in [2.05, 4.69) is 86.8 Å². The van der Waals surface area contributed by atoms with Crippen LogP contribution in [0.4, 0.5) is 0 Å². The van der Waals surface area contributed by atoms with Crippen molar-refractivity contribution in [2.45, 2.75) is 277 Å². The predicted octanol–water partition coefficient (Wildman–Crippen LogP) is 16.0. The fraction of sp³-hybridized carbons (Fsp3) is 0.786. The van der Waals surface area contributed by atoms with Crippen LogP contribution in [0.3, 0.4) is 0 Å². The third-order valence-electron chi connectivity index (χ3n) is 11.8. The Hall–Kier alpha value is -2.44. The van der Waals surface area contributed by atoms with Gasteiger partial charge in [-0.1, -0.05) is 210 Å². The maximum Gasteiger partial charge on any atom is 0.306 e. The highest BCUT2D eigenvalue weighted by atomic mass is 16.5. The molecule has 62 heavy (non-hydrogen) atoms. The SMILES string of the molecule is CCCCC/C=C\C/C=C\C/C=C\C/C=C\CCCCCC(=O)OC(CCCCCCC/C=C/CCCCCCCC)CC(=O)NC(CO)C(O)CCCCCCCCCCC. The number of carbonyl (C=O) groups is 2. The normalized spacial score (nSPS) is 13.7. The van der Waals surface area contributed by atoms with Crippen molar-refractivity contribution in [2.75, 3.05) is 6.61 Å². The molecule has 6 heteroatoms. The molecule has 360 valence electrons. The van der Waals surface area contributed by atoms with E-state index >= 15 is 0 Å². The summed E-state index contributed by atoms with van der Waals surface area (Å²) in [5, 5.41) is 23.7. The number of aliphatic hydroxyl groups is 2. The molecule has 0 saturated carbocycles. The fourth-order valence-corrected chi connectivity index (χ4v) is 7.76. The molecule has 0 radical (unpaired) electrons. The lowest BCUT2D eigenvalue weighted by Crippen LogP contribution is -2.46. The number of aliphatic hydroxyl groups excluding tert-OH is 2. The number of rotatable bonds is 47. The smallest absolute Gasteiger partial charge is 0.306 e. The summed E-state index contributed by atoms with van der Waals surface area (Å²) in [6.45, 7) is 6.43. The fourth-order valence-electron chi connectivity index (χ4n) is 7.76. The van der Waals surface area contributed by atoms with Gasteiger partial charge in [-0.25, -0.2) is 0 Å². The van der Waals surface area contributed by atoms with E-state index in [0.717, 1.165) is 89.9 Å². The summed E-state index contributed by atoms with van der Waals surface area (Å²) < 4.78 is 5.92. The molecule has 0 heterocycles. The molecule has 0 aliphatic rings. The number of hydrogen-bond acceptors (Lipinski definition) is 5. The summed E-state index contributed by atoms with van der Waals surface area (Å²) >= 11 is 0. The van der Waals surface area contributed by atoms with Crippen LogP contribution in [0.2, 0.25) is 0 Å². The highest BCUT2D eigenvalue weighted by Crippen LogP contribution is 2.17. The lowest BCUT2D eigenvalue weighted by atomic mass is 10.0. The first-order valence-electron chi connectivity index (χ1n) is 26.5. The van der Waals surface area contributed by atoms with Gasteiger partial charge < -0.3 is 20.3 Å². The van der Waals surface area contributed by atoms with Gasteiger partial charge in [0.1, 0.15) is 6.10 Å². The molecule has 3 unspecified atom stereocenters. The maximum atomic E-state index is 13.2. The average molecular weight is 868 g/mol. The lowest BCUT2D eigenvalue weighted by molar-refractivity contribution is -0.151. The molecule has 0 aliphatic carbocycles. The van der Waals surface area contributed by atoms with Crippen molar-refractivity contribution < 1.29 is 24.5 Å². The van der Waals surface area contributed by atoms with Crippen LogP contribution in [0.1, 0.15) is 258 Å². The number of allylic oxidation sites excluding steroid dienone is 10. The zero-order valence-corrected chi connectivity index (χ0v) is 41.0. The molecular formula is C56H101NO5. The van der Waals surface area contributed by atoms with E-state index in [1.165, 1.54) is 122 Å². The third-order valence-corrected chi connectivity index (χ3v) is 11.8. The van der Waals surface area contributed by atoms with E-state index in [4.69, 9.17) is 4.74 Å². The van der Waals surface area contributed by atoms with Gasteiger partial charge in [-0.3, -0.25) is 9.59 Å². The van der Waals surface area contributed by atoms with Crippen molar-refractivity contribution in [3.8, 4) is 0 Å². The van der Waals surface area contributed by atoms with Gasteiger partial charge in [0, 0.05) is 6.42 Å². The molecule has 1 amide bonds. The van der Waals surface area contributed by atoms with Crippen LogP contribution in [0, 0.1) is 0 Å². The molecule has 6 nitrogen and oxygen atoms in total. The van der Waals surface area contributed by atoms with Crippen LogP contribution in [-0.2, 0) is 14.3 Å². The van der Waals surface area contributed by atoms with Crippen LogP contribution in [0.15, 0.2) is 60.8 Å². The molecule has 0 rings (SSSR count). The van der Waals surface area contributed by atoms with Crippen molar-refractivity contribution in [2.24, 2.45) is 0 Å². The van der Waals surface area contributed by atoms with Gasteiger partial charge in [0.25, 0.3) is 0 Å². The first kappa shape index (κ1) is 59.6. The quantitative estimate of drug-likeness (QED) is 0.0322. The summed E-state index contributed by atoms with van der Waals surface area (Å²) in [6.07, 6.45) is 61.4. The molecule has 0 saturated heterocycles. The summed E-state index contributed by atoms with van der Waals surface area (Å²) in [4.78, 5) is 26.1. The standard InChI is InChI=1S/C56H101NO5/c1-4-7-10-13-16-19-21-23-25-26-27-28-30-32-34-37-40-43-46-49-56(61)62-52(47-44-41-38-36-33-31-29-24-22-20-17-14-11-8-5-2)50-55(60)57-53(51-58)54(59)48-45-42-39-35-18-15-12-9-6-3/h16,19,23-25,27-29,32,34,52-54,58-59H,4-15,17-18,20-22,26,30-31,33,35-51H2,1-3H3,(H,57,60)/b19-16-,25-23-,28-27-,29-24+,34-32-. The topological polar surface area (TPSA) is 95.9 Å². The van der Waals surface area contributed by atoms with E-state index in [1.807, 2.05) is 0 Å². The van der Waals surface area contributed by atoms with Crippen LogP contribution in [0.25, 0.3) is 0 Å². The lowest BCUT2D eigenvalue weighted by Gasteiger charge is -2.24. The number of hydrogen-bond donors (Lipinski definition) is 3. The second-order valence-corrected chi connectivity index (χ2v) is 17.9. The third kappa shape index (κ3) is 44.2. The molecule has 3 N–H and O–H groups in total. The van der Waals surface area contributed by atoms with Crippen LogP contribution >= 0.6 is 0 Å². The zero-order valence-electron chi connectivity index (χ0n) is 41.0. The predicted molar refractivity (Wildman–Crippen MR) is 268 cm³/mol. The van der Waals surface area contributed by atoms with Gasteiger partial charge in [0.15, 0.2) is 0 Å². The summed E-state index contributed by atoms with van der Waals surface area (Å²) in [5.74, 6) is -0.517. The van der Waals surface area contributed by atoms with Crippen molar-refractivity contribution in [3.63, 3.8) is 0 Å². The van der Waals surface area contributed by atoms with E-state index in [-0.39, 0.29) is 24.9 Å². The molecular weight excluding hydrogens is 767 g/mol. The van der Waals surface area contributed by atoms with Crippen molar-refractivity contribution >= 4 is 11.9 Å².